The number of rotatable bonds is 5. The molecule has 0 radical (unpaired) electrons. The predicted octanol–water partition coefficient (Wildman–Crippen LogP) is 4.35. The van der Waals surface area contributed by atoms with Gasteiger partial charge < -0.3 is 0 Å². The van der Waals surface area contributed by atoms with Crippen molar-refractivity contribution in [1.82, 2.24) is 0 Å². The molecule has 2 heterocycles. The zero-order valence-corrected chi connectivity index (χ0v) is 19.6. The van der Waals surface area contributed by atoms with Gasteiger partial charge in [-0.15, -0.1) is 0 Å². The van der Waals surface area contributed by atoms with Gasteiger partial charge in [0.25, 0.3) is 23.6 Å². The molecule has 0 saturated carbocycles. The standard InChI is InChI=1S/C30H16N2O6/c33-25(17-9-13-19(14-10-17)31-27(35)21-5-1-2-6-22(21)28(31)36)26(34)18-11-15-20(16-12-18)32-29(37)23-7-3-4-8-24(23)30(32)38/h1-16H. The third-order valence-corrected chi connectivity index (χ3v) is 6.57. The molecule has 2 aliphatic rings. The SMILES string of the molecule is O=C(C(=O)c1ccc(N2C(=O)c3ccccc3C2=O)cc1)c1ccc(N2C(=O)c3ccccc3C2=O)cc1. The van der Waals surface area contributed by atoms with E-state index in [-0.39, 0.29) is 22.5 Å². The summed E-state index contributed by atoms with van der Waals surface area (Å²) >= 11 is 0. The minimum atomic E-state index is -0.785. The zero-order valence-electron chi connectivity index (χ0n) is 19.6. The molecule has 4 amide bonds. The summed E-state index contributed by atoms with van der Waals surface area (Å²) in [5, 5.41) is 0. The third-order valence-electron chi connectivity index (χ3n) is 6.57. The Morgan fingerprint density at radius 3 is 0.921 bits per heavy atom. The van der Waals surface area contributed by atoms with Gasteiger partial charge in [-0.25, -0.2) is 9.80 Å². The van der Waals surface area contributed by atoms with Crippen molar-refractivity contribution in [1.29, 1.82) is 0 Å². The Bertz CT molecular complexity index is 1520. The van der Waals surface area contributed by atoms with Gasteiger partial charge >= 0.3 is 0 Å². The molecule has 2 aliphatic heterocycles. The number of nitrogens with zero attached hydrogens (tertiary/aromatic N) is 2. The lowest BCUT2D eigenvalue weighted by Crippen LogP contribution is -2.29. The van der Waals surface area contributed by atoms with Crippen molar-refractivity contribution in [2.45, 2.75) is 0 Å². The third kappa shape index (κ3) is 3.39. The fourth-order valence-electron chi connectivity index (χ4n) is 4.63. The number of imide groups is 2. The molecule has 0 fully saturated rings. The predicted molar refractivity (Wildman–Crippen MR) is 137 cm³/mol. The van der Waals surface area contributed by atoms with E-state index in [2.05, 4.69) is 0 Å². The molecule has 0 bridgehead atoms. The smallest absolute Gasteiger partial charge is 0.266 e. The second-order valence-electron chi connectivity index (χ2n) is 8.73. The Hall–Kier alpha value is -5.50. The summed E-state index contributed by atoms with van der Waals surface area (Å²) in [4.78, 5) is 78.5. The molecule has 0 saturated heterocycles. The summed E-state index contributed by atoms with van der Waals surface area (Å²) in [6.45, 7) is 0. The van der Waals surface area contributed by atoms with E-state index in [9.17, 15) is 28.8 Å². The molecule has 6 rings (SSSR count). The number of hydrogen-bond donors (Lipinski definition) is 0. The fraction of sp³-hybridized carbons (Fsp3) is 0. The number of benzene rings is 4. The molecule has 182 valence electrons. The largest absolute Gasteiger partial charge is 0.285 e. The van der Waals surface area contributed by atoms with Crippen LogP contribution in [0.1, 0.15) is 62.1 Å². The first kappa shape index (κ1) is 22.9. The van der Waals surface area contributed by atoms with Crippen LogP contribution in [-0.4, -0.2) is 35.2 Å². The van der Waals surface area contributed by atoms with Crippen LogP contribution >= 0.6 is 0 Å². The Labute approximate surface area is 215 Å². The lowest BCUT2D eigenvalue weighted by molar-refractivity contribution is 0.0817. The summed E-state index contributed by atoms with van der Waals surface area (Å²) < 4.78 is 0. The van der Waals surface area contributed by atoms with Crippen molar-refractivity contribution in [2.24, 2.45) is 0 Å². The maximum atomic E-state index is 12.9. The first-order chi connectivity index (χ1) is 18.4. The van der Waals surface area contributed by atoms with E-state index in [1.54, 1.807) is 48.5 Å². The Morgan fingerprint density at radius 1 is 0.395 bits per heavy atom. The van der Waals surface area contributed by atoms with Crippen LogP contribution in [0, 0.1) is 0 Å². The molecule has 8 heteroatoms. The van der Waals surface area contributed by atoms with Gasteiger partial charge in [-0.2, -0.15) is 0 Å². The number of Topliss-reactive ketones (excluding diaryl/α,β-unsaturated/α-hetero) is 2. The minimum absolute atomic E-state index is 0.0831. The summed E-state index contributed by atoms with van der Waals surface area (Å²) in [6.07, 6.45) is 0. The number of hydrogen-bond acceptors (Lipinski definition) is 6. The molecule has 0 unspecified atom stereocenters. The summed E-state index contributed by atoms with van der Waals surface area (Å²) in [5.74, 6) is -3.41. The van der Waals surface area contributed by atoms with Crippen molar-refractivity contribution in [2.75, 3.05) is 9.80 Å². The molecule has 0 N–H and O–H groups in total. The number of carbonyl (C=O) groups is 6. The van der Waals surface area contributed by atoms with E-state index in [4.69, 9.17) is 0 Å². The molecular weight excluding hydrogens is 484 g/mol. The minimum Gasteiger partial charge on any atom is -0.285 e. The first-order valence-electron chi connectivity index (χ1n) is 11.6. The molecule has 0 spiro atoms. The molecule has 0 atom stereocenters. The second-order valence-corrected chi connectivity index (χ2v) is 8.73. The van der Waals surface area contributed by atoms with E-state index in [1.807, 2.05) is 0 Å². The van der Waals surface area contributed by atoms with Crippen molar-refractivity contribution in [3.05, 3.63) is 130 Å². The highest BCUT2D eigenvalue weighted by Crippen LogP contribution is 2.30. The van der Waals surface area contributed by atoms with Crippen LogP contribution in [0.25, 0.3) is 0 Å². The van der Waals surface area contributed by atoms with Gasteiger partial charge in [-0.1, -0.05) is 24.3 Å². The van der Waals surface area contributed by atoms with E-state index in [1.165, 1.54) is 48.5 Å². The van der Waals surface area contributed by atoms with E-state index >= 15 is 0 Å². The van der Waals surface area contributed by atoms with Crippen molar-refractivity contribution >= 4 is 46.6 Å². The molecule has 0 aliphatic carbocycles. The number of amides is 4. The normalized spacial score (nSPS) is 14.1. The van der Waals surface area contributed by atoms with Crippen LogP contribution in [-0.2, 0) is 0 Å². The quantitative estimate of drug-likeness (QED) is 0.229. The van der Waals surface area contributed by atoms with Crippen LogP contribution in [0.3, 0.4) is 0 Å². The highest BCUT2D eigenvalue weighted by molar-refractivity contribution is 6.49. The maximum absolute atomic E-state index is 12.9. The average Bonchev–Trinajstić information content (AvgIpc) is 3.37. The number of fused-ring (bicyclic) bond motifs is 2. The average molecular weight is 500 g/mol. The highest BCUT2D eigenvalue weighted by Gasteiger charge is 2.37. The van der Waals surface area contributed by atoms with Crippen molar-refractivity contribution in [3.8, 4) is 0 Å². The van der Waals surface area contributed by atoms with Gasteiger partial charge in [-0.05, 0) is 72.8 Å². The van der Waals surface area contributed by atoms with Crippen molar-refractivity contribution in [3.63, 3.8) is 0 Å². The molecular formula is C30H16N2O6. The van der Waals surface area contributed by atoms with Crippen LogP contribution in [0.4, 0.5) is 11.4 Å². The Balaban J connectivity index is 1.19. The van der Waals surface area contributed by atoms with Crippen molar-refractivity contribution < 1.29 is 28.8 Å². The first-order valence-corrected chi connectivity index (χ1v) is 11.6. The highest BCUT2D eigenvalue weighted by atomic mass is 16.2. The zero-order chi connectivity index (χ0) is 26.6. The van der Waals surface area contributed by atoms with Gasteiger partial charge in [0.2, 0.25) is 11.6 Å². The summed E-state index contributed by atoms with van der Waals surface area (Å²) in [6, 6.07) is 24.3. The van der Waals surface area contributed by atoms with E-state index < -0.39 is 35.2 Å². The summed E-state index contributed by atoms with van der Waals surface area (Å²) in [5.41, 5.74) is 1.94. The van der Waals surface area contributed by atoms with E-state index in [0.717, 1.165) is 9.80 Å². The van der Waals surface area contributed by atoms with Gasteiger partial charge in [0, 0.05) is 11.1 Å². The number of anilines is 2. The fourth-order valence-corrected chi connectivity index (χ4v) is 4.63. The number of carbonyl (C=O) groups excluding carboxylic acids is 6. The molecule has 38 heavy (non-hydrogen) atoms. The van der Waals surface area contributed by atoms with Crippen LogP contribution in [0.5, 0.6) is 0 Å². The number of ketones is 2. The molecule has 4 aromatic carbocycles. The van der Waals surface area contributed by atoms with Gasteiger partial charge in [0.05, 0.1) is 33.6 Å². The molecule has 4 aromatic rings. The van der Waals surface area contributed by atoms with Crippen LogP contribution in [0.2, 0.25) is 0 Å². The maximum Gasteiger partial charge on any atom is 0.266 e. The second kappa shape index (κ2) is 8.56. The van der Waals surface area contributed by atoms with E-state index in [0.29, 0.717) is 22.3 Å². The van der Waals surface area contributed by atoms with Gasteiger partial charge in [0.15, 0.2) is 0 Å². The Kier molecular flexibility index (Phi) is 5.17. The molecule has 8 nitrogen and oxygen atoms in total. The lowest BCUT2D eigenvalue weighted by atomic mass is 10.0. The Morgan fingerprint density at radius 2 is 0.658 bits per heavy atom. The lowest BCUT2D eigenvalue weighted by Gasteiger charge is -2.14. The van der Waals surface area contributed by atoms with Gasteiger partial charge in [0.1, 0.15) is 0 Å². The monoisotopic (exact) mass is 500 g/mol. The van der Waals surface area contributed by atoms with Crippen LogP contribution < -0.4 is 9.80 Å². The van der Waals surface area contributed by atoms with Crippen LogP contribution in [0.15, 0.2) is 97.1 Å². The topological polar surface area (TPSA) is 109 Å². The summed E-state index contributed by atoms with van der Waals surface area (Å²) in [7, 11) is 0. The van der Waals surface area contributed by atoms with Gasteiger partial charge in [-0.3, -0.25) is 28.8 Å². The molecule has 0 aromatic heterocycles.